The Hall–Kier alpha value is -1.11. The van der Waals surface area contributed by atoms with Crippen LogP contribution >= 0.6 is 35.6 Å². The quantitative estimate of drug-likeness (QED) is 0.754. The lowest BCUT2D eigenvalue weighted by Crippen LogP contribution is -2.31. The minimum Gasteiger partial charge on any atom is -0.364 e. The van der Waals surface area contributed by atoms with Gasteiger partial charge in [-0.3, -0.25) is 0 Å². The summed E-state index contributed by atoms with van der Waals surface area (Å²) in [4.78, 5) is 5.78. The van der Waals surface area contributed by atoms with Gasteiger partial charge in [0.15, 0.2) is 5.67 Å². The number of rotatable bonds is 5. The molecule has 2 rings (SSSR count). The van der Waals surface area contributed by atoms with Gasteiger partial charge in [0, 0.05) is 37.3 Å². The van der Waals surface area contributed by atoms with Crippen LogP contribution in [-0.2, 0) is 12.2 Å². The van der Waals surface area contributed by atoms with Crippen LogP contribution in [0.3, 0.4) is 0 Å². The zero-order valence-electron chi connectivity index (χ0n) is 12.4. The van der Waals surface area contributed by atoms with E-state index in [-0.39, 0.29) is 12.3 Å². The van der Waals surface area contributed by atoms with Gasteiger partial charge in [0.2, 0.25) is 0 Å². The summed E-state index contributed by atoms with van der Waals surface area (Å²) in [6.07, 6.45) is 5.00. The minimum atomic E-state index is -1.56. The molecule has 0 saturated heterocycles. The van der Waals surface area contributed by atoms with Crippen molar-refractivity contribution in [2.24, 2.45) is 0 Å². The summed E-state index contributed by atoms with van der Waals surface area (Å²) in [5.41, 5.74) is -0.976. The fraction of sp³-hybridized carbons (Fsp3) is 0.333. The Morgan fingerprint density at radius 3 is 2.64 bits per heavy atom. The number of thiocarbonyl (C=S) groups is 1. The largest absolute Gasteiger partial charge is 0.364 e. The van der Waals surface area contributed by atoms with Crippen LogP contribution < -0.4 is 0 Å². The molecule has 0 amide bonds. The molecule has 118 valence electrons. The van der Waals surface area contributed by atoms with E-state index in [1.165, 1.54) is 11.8 Å². The predicted octanol–water partition coefficient (Wildman–Crippen LogP) is 3.98. The van der Waals surface area contributed by atoms with Gasteiger partial charge < -0.3 is 9.47 Å². The lowest BCUT2D eigenvalue weighted by atomic mass is 9.97. The van der Waals surface area contributed by atoms with Crippen LogP contribution in [0.2, 0.25) is 5.02 Å². The Kier molecular flexibility index (Phi) is 5.83. The first kappa shape index (κ1) is 17.2. The number of alkyl halides is 1. The lowest BCUT2D eigenvalue weighted by Gasteiger charge is -2.27. The number of nitrogens with zero attached hydrogens (tertiary/aromatic N) is 3. The average molecular weight is 358 g/mol. The molecule has 0 bridgehead atoms. The van der Waals surface area contributed by atoms with E-state index in [1.807, 2.05) is 14.1 Å². The Bertz CT molecular complexity index is 616. The Labute approximate surface area is 144 Å². The Morgan fingerprint density at radius 2 is 2.09 bits per heavy atom. The molecule has 1 unspecified atom stereocenters. The molecular formula is C15H17ClFN3S2. The number of aromatic nitrogens is 2. The highest BCUT2D eigenvalue weighted by Gasteiger charge is 2.33. The van der Waals surface area contributed by atoms with E-state index < -0.39 is 5.67 Å². The van der Waals surface area contributed by atoms with Crippen molar-refractivity contribution in [3.8, 4) is 0 Å². The third-order valence-corrected chi connectivity index (χ3v) is 5.33. The molecule has 0 saturated carbocycles. The molecule has 3 nitrogen and oxygen atoms in total. The highest BCUT2D eigenvalue weighted by atomic mass is 35.5. The second-order valence-corrected chi connectivity index (χ2v) is 7.20. The van der Waals surface area contributed by atoms with Crippen molar-refractivity contribution >= 4 is 39.9 Å². The van der Waals surface area contributed by atoms with Gasteiger partial charge in [-0.1, -0.05) is 47.7 Å². The van der Waals surface area contributed by atoms with Crippen LogP contribution in [0.25, 0.3) is 0 Å². The molecule has 1 heterocycles. The monoisotopic (exact) mass is 357 g/mol. The van der Waals surface area contributed by atoms with E-state index in [2.05, 4.69) is 4.98 Å². The molecule has 7 heteroatoms. The third-order valence-electron chi connectivity index (χ3n) is 3.14. The molecule has 1 aromatic heterocycles. The van der Waals surface area contributed by atoms with Crippen molar-refractivity contribution in [1.82, 2.24) is 14.5 Å². The third kappa shape index (κ3) is 4.44. The van der Waals surface area contributed by atoms with Gasteiger partial charge in [0.1, 0.15) is 4.32 Å². The number of thioether (sulfide) groups is 1. The number of benzene rings is 1. The molecule has 2 aromatic rings. The van der Waals surface area contributed by atoms with Gasteiger partial charge in [-0.05, 0) is 17.7 Å². The van der Waals surface area contributed by atoms with E-state index in [1.54, 1.807) is 52.5 Å². The van der Waals surface area contributed by atoms with Crippen LogP contribution in [0.5, 0.6) is 0 Å². The standard InChI is InChI=1S/C15H17ClFN3S2/c1-19(2)14(21)22-10-15(17,9-20-8-7-18-11-20)12-3-5-13(16)6-4-12/h3-8,11H,9-10H2,1-2H3. The van der Waals surface area contributed by atoms with Gasteiger partial charge in [0.05, 0.1) is 12.9 Å². The minimum absolute atomic E-state index is 0.178. The number of hydrogen-bond acceptors (Lipinski definition) is 3. The summed E-state index contributed by atoms with van der Waals surface area (Å²) in [5.74, 6) is 0.226. The maximum Gasteiger partial charge on any atom is 0.163 e. The van der Waals surface area contributed by atoms with Gasteiger partial charge in [0.25, 0.3) is 0 Å². The zero-order valence-corrected chi connectivity index (χ0v) is 14.8. The fourth-order valence-electron chi connectivity index (χ4n) is 1.94. The van der Waals surface area contributed by atoms with Gasteiger partial charge in [-0.2, -0.15) is 0 Å². The van der Waals surface area contributed by atoms with Crippen LogP contribution in [0.1, 0.15) is 5.56 Å². The number of hydrogen-bond donors (Lipinski definition) is 0. The van der Waals surface area contributed by atoms with Crippen molar-refractivity contribution in [3.63, 3.8) is 0 Å². The van der Waals surface area contributed by atoms with E-state index >= 15 is 4.39 Å². The normalized spacial score (nSPS) is 13.6. The summed E-state index contributed by atoms with van der Waals surface area (Å²) in [7, 11) is 3.71. The molecular weight excluding hydrogens is 341 g/mol. The average Bonchev–Trinajstić information content (AvgIpc) is 2.98. The Balaban J connectivity index is 2.23. The molecule has 0 aliphatic rings. The summed E-state index contributed by atoms with van der Waals surface area (Å²) in [6.45, 7) is 0.178. The number of imidazole rings is 1. The topological polar surface area (TPSA) is 21.1 Å². The van der Waals surface area contributed by atoms with Crippen molar-refractivity contribution in [2.45, 2.75) is 12.2 Å². The molecule has 0 aliphatic heterocycles. The van der Waals surface area contributed by atoms with Crippen molar-refractivity contribution < 1.29 is 4.39 Å². The maximum absolute atomic E-state index is 15.7. The zero-order chi connectivity index (χ0) is 16.2. The molecule has 22 heavy (non-hydrogen) atoms. The van der Waals surface area contributed by atoms with Crippen molar-refractivity contribution in [2.75, 3.05) is 19.8 Å². The van der Waals surface area contributed by atoms with Crippen molar-refractivity contribution in [1.29, 1.82) is 0 Å². The predicted molar refractivity (Wildman–Crippen MR) is 95.2 cm³/mol. The second kappa shape index (κ2) is 7.44. The van der Waals surface area contributed by atoms with Crippen LogP contribution in [-0.4, -0.2) is 38.6 Å². The van der Waals surface area contributed by atoms with Gasteiger partial charge in [-0.25, -0.2) is 9.37 Å². The number of halogens is 2. The van der Waals surface area contributed by atoms with Gasteiger partial charge in [-0.15, -0.1) is 0 Å². The van der Waals surface area contributed by atoms with Crippen LogP contribution in [0, 0.1) is 0 Å². The first-order valence-electron chi connectivity index (χ1n) is 6.65. The summed E-state index contributed by atoms with van der Waals surface area (Å²) < 4.78 is 18.0. The first-order valence-corrected chi connectivity index (χ1v) is 8.43. The second-order valence-electron chi connectivity index (χ2n) is 5.16. The fourth-order valence-corrected chi connectivity index (χ4v) is 3.11. The smallest absolute Gasteiger partial charge is 0.163 e. The summed E-state index contributed by atoms with van der Waals surface area (Å²) >= 11 is 12.5. The van der Waals surface area contributed by atoms with Crippen LogP contribution in [0.4, 0.5) is 4.39 Å². The molecule has 0 radical (unpaired) electrons. The van der Waals surface area contributed by atoms with E-state index in [9.17, 15) is 0 Å². The highest BCUT2D eigenvalue weighted by Crippen LogP contribution is 2.33. The molecule has 1 atom stereocenters. The van der Waals surface area contributed by atoms with Crippen molar-refractivity contribution in [3.05, 3.63) is 53.6 Å². The van der Waals surface area contributed by atoms with E-state index in [0.29, 0.717) is 14.9 Å². The molecule has 0 aliphatic carbocycles. The lowest BCUT2D eigenvalue weighted by molar-refractivity contribution is 0.168. The first-order chi connectivity index (χ1) is 10.4. The molecule has 0 N–H and O–H groups in total. The summed E-state index contributed by atoms with van der Waals surface area (Å²) in [6, 6.07) is 6.85. The Morgan fingerprint density at radius 1 is 1.41 bits per heavy atom. The molecule has 0 spiro atoms. The highest BCUT2D eigenvalue weighted by molar-refractivity contribution is 8.22. The summed E-state index contributed by atoms with van der Waals surface area (Å²) in [5, 5.41) is 0.588. The van der Waals surface area contributed by atoms with E-state index in [4.69, 9.17) is 23.8 Å². The van der Waals surface area contributed by atoms with E-state index in [0.717, 1.165) is 0 Å². The SMILES string of the molecule is CN(C)C(=S)SCC(F)(Cn1ccnc1)c1ccc(Cl)cc1. The van der Waals surface area contributed by atoms with Crippen LogP contribution in [0.15, 0.2) is 43.0 Å². The van der Waals surface area contributed by atoms with Gasteiger partial charge >= 0.3 is 0 Å². The maximum atomic E-state index is 15.7. The molecule has 1 aromatic carbocycles. The molecule has 0 fully saturated rings.